The fraction of sp³-hybridized carbons (Fsp3) is 0.391. The van der Waals surface area contributed by atoms with E-state index in [0.717, 1.165) is 5.56 Å². The van der Waals surface area contributed by atoms with Crippen LogP contribution in [-0.4, -0.2) is 40.1 Å². The molecule has 1 atom stereocenters. The Bertz CT molecular complexity index is 1180. The lowest BCUT2D eigenvalue weighted by Gasteiger charge is -2.22. The highest BCUT2D eigenvalue weighted by Gasteiger charge is 2.21. The Balaban J connectivity index is 1.52. The molecular weight excluding hydrogens is 466 g/mol. The highest BCUT2D eigenvalue weighted by atomic mass is 35.5. The second-order valence-corrected chi connectivity index (χ2v) is 9.74. The van der Waals surface area contributed by atoms with E-state index in [1.54, 1.807) is 24.3 Å². The minimum Gasteiger partial charge on any atom is -0.496 e. The maximum absolute atomic E-state index is 12.5. The first-order chi connectivity index (χ1) is 16.5. The molecule has 0 saturated heterocycles. The quantitative estimate of drug-likeness (QED) is 0.517. The number of hydrogen-bond acceptors (Lipinski definition) is 5. The van der Waals surface area contributed by atoms with E-state index in [2.05, 4.69) is 10.6 Å². The monoisotopic (exact) mass is 495 g/mol. The van der Waals surface area contributed by atoms with E-state index in [0.29, 0.717) is 48.6 Å². The molecule has 0 radical (unpaired) electrons. The van der Waals surface area contributed by atoms with Gasteiger partial charge < -0.3 is 15.4 Å². The zero-order valence-corrected chi connectivity index (χ0v) is 19.8. The number of hydrogen-bond donors (Lipinski definition) is 3. The topological polar surface area (TPSA) is 114 Å². The van der Waals surface area contributed by atoms with Crippen LogP contribution in [0.1, 0.15) is 50.7 Å². The minimum atomic E-state index is -4.09. The third-order valence-electron chi connectivity index (χ3n) is 5.20. The fourth-order valence-electron chi connectivity index (χ4n) is 3.48. The maximum Gasteiger partial charge on any atom is 0.328 e. The highest BCUT2D eigenvalue weighted by Crippen LogP contribution is 2.22. The molecule has 1 saturated carbocycles. The van der Waals surface area contributed by atoms with Crippen LogP contribution in [0.4, 0.5) is 4.79 Å². The number of halogens is 1. The van der Waals surface area contributed by atoms with Crippen LogP contribution in [0.3, 0.4) is 0 Å². The van der Waals surface area contributed by atoms with Gasteiger partial charge in [-0.2, -0.15) is 0 Å². The van der Waals surface area contributed by atoms with E-state index in [4.69, 9.17) is 19.1 Å². The molecule has 1 aliphatic rings. The van der Waals surface area contributed by atoms with Gasteiger partial charge in [-0.3, -0.25) is 4.79 Å². The summed E-state index contributed by atoms with van der Waals surface area (Å²) in [5, 5.41) is 5.74. The Hall–Kier alpha value is -2.78. The van der Waals surface area contributed by atoms with Gasteiger partial charge in [0.15, 0.2) is 0 Å². The molecule has 1 aliphatic carbocycles. The van der Waals surface area contributed by atoms with E-state index >= 15 is 0 Å². The van der Waals surface area contributed by atoms with Gasteiger partial charge in [0.25, 0.3) is 15.9 Å². The molecule has 178 valence electrons. The zero-order chi connectivity index (χ0) is 25.6. The normalized spacial score (nSPS) is 18.4. The number of benzene rings is 2. The van der Waals surface area contributed by atoms with E-state index in [9.17, 15) is 18.0 Å². The molecule has 3 rings (SSSR count). The predicted molar refractivity (Wildman–Crippen MR) is 126 cm³/mol. The number of nitrogens with one attached hydrogen (secondary N) is 3. The van der Waals surface area contributed by atoms with Crippen molar-refractivity contribution in [2.24, 2.45) is 0 Å². The summed E-state index contributed by atoms with van der Waals surface area (Å²) in [4.78, 5) is 24.5. The van der Waals surface area contributed by atoms with Gasteiger partial charge in [-0.1, -0.05) is 42.9 Å². The number of rotatable bonds is 8. The molecular formula is C23H28ClN3O5S. The zero-order valence-electron chi connectivity index (χ0n) is 20.2. The second kappa shape index (κ2) is 11.4. The molecule has 2 aromatic carbocycles. The number of carbonyl (C=O) groups is 2. The van der Waals surface area contributed by atoms with Crippen LogP contribution >= 0.6 is 11.6 Å². The minimum absolute atomic E-state index is 0.0805. The average molecular weight is 496 g/mol. The summed E-state index contributed by atoms with van der Waals surface area (Å²) in [6.07, 6.45) is 0.879. The summed E-state index contributed by atoms with van der Waals surface area (Å²) in [6.45, 7) is 0.302. The molecule has 0 aromatic heterocycles. The highest BCUT2D eigenvalue weighted by molar-refractivity contribution is 7.90. The second-order valence-electron chi connectivity index (χ2n) is 7.62. The molecule has 33 heavy (non-hydrogen) atoms. The van der Waals surface area contributed by atoms with Crippen molar-refractivity contribution in [3.8, 4) is 5.75 Å². The molecule has 0 heterocycles. The van der Waals surface area contributed by atoms with Crippen molar-refractivity contribution in [1.82, 2.24) is 15.4 Å². The Morgan fingerprint density at radius 2 is 1.91 bits per heavy atom. The van der Waals surface area contributed by atoms with Crippen molar-refractivity contribution >= 4 is 33.6 Å². The molecule has 3 amide bonds. The van der Waals surface area contributed by atoms with Gasteiger partial charge in [-0.15, -0.1) is 0 Å². The molecule has 0 bridgehead atoms. The van der Waals surface area contributed by atoms with Crippen molar-refractivity contribution < 1.29 is 25.5 Å². The summed E-state index contributed by atoms with van der Waals surface area (Å²) in [7, 11) is -2.63. The molecule has 2 aromatic rings. The van der Waals surface area contributed by atoms with Crippen molar-refractivity contribution in [2.75, 3.05) is 13.7 Å². The van der Waals surface area contributed by atoms with Crippen LogP contribution in [-0.2, 0) is 16.4 Å². The lowest BCUT2D eigenvalue weighted by molar-refractivity contribution is 0.0951. The summed E-state index contributed by atoms with van der Waals surface area (Å²) in [6, 6.07) is 9.43. The molecule has 3 N–H and O–H groups in total. The van der Waals surface area contributed by atoms with Crippen molar-refractivity contribution in [3.05, 3.63) is 58.6 Å². The summed E-state index contributed by atoms with van der Waals surface area (Å²) in [5.74, 6) is 0.0602. The van der Waals surface area contributed by atoms with Crippen LogP contribution in [0.15, 0.2) is 47.4 Å². The lowest BCUT2D eigenvalue weighted by atomic mass is 9.96. The number of sulfonamides is 1. The third kappa shape index (κ3) is 7.10. The smallest absolute Gasteiger partial charge is 0.328 e. The van der Waals surface area contributed by atoms with Gasteiger partial charge in [0.1, 0.15) is 5.75 Å². The first-order valence-electron chi connectivity index (χ1n) is 11.5. The van der Waals surface area contributed by atoms with Crippen molar-refractivity contribution in [1.29, 1.82) is 0 Å². The van der Waals surface area contributed by atoms with Gasteiger partial charge in [0.05, 0.1) is 17.6 Å². The number of ether oxygens (including phenoxy) is 1. The Morgan fingerprint density at radius 1 is 1.15 bits per heavy atom. The molecule has 10 heteroatoms. The Labute approximate surface area is 201 Å². The largest absolute Gasteiger partial charge is 0.496 e. The Kier molecular flexibility index (Phi) is 7.60. The third-order valence-corrected chi connectivity index (χ3v) is 6.78. The van der Waals surface area contributed by atoms with E-state index < -0.39 is 28.5 Å². The van der Waals surface area contributed by atoms with E-state index in [1.165, 1.54) is 25.3 Å². The first kappa shape index (κ1) is 22.0. The summed E-state index contributed by atoms with van der Waals surface area (Å²) >= 11 is 5.96. The number of amides is 3. The molecule has 8 nitrogen and oxygen atoms in total. The number of carbonyl (C=O) groups excluding carboxylic acids is 2. The summed E-state index contributed by atoms with van der Waals surface area (Å²) < 4.78 is 47.9. The molecule has 1 fully saturated rings. The molecule has 0 aliphatic heterocycles. The van der Waals surface area contributed by atoms with Gasteiger partial charge in [0.2, 0.25) is 0 Å². The standard InChI is InChI=1S/C23H28ClN3O5S/c1-32-21-12-9-17(24)15-20(21)22(28)25-14-13-16-7-10-19(11-8-16)33(30,31)27-23(29)26-18-5-3-2-4-6-18/h7-12,15,18H,2-6,13-14H2,1H3,(H,25,28)(H2,26,27,29)/i3D2. The Morgan fingerprint density at radius 3 is 2.61 bits per heavy atom. The molecule has 1 unspecified atom stereocenters. The van der Waals surface area contributed by atoms with Crippen LogP contribution in [0, 0.1) is 0 Å². The van der Waals surface area contributed by atoms with Gasteiger partial charge in [-0.05, 0) is 55.2 Å². The summed E-state index contributed by atoms with van der Waals surface area (Å²) in [5.41, 5.74) is 1.10. The van der Waals surface area contributed by atoms with Gasteiger partial charge in [0, 0.05) is 20.4 Å². The predicted octanol–water partition coefficient (Wildman–Crippen LogP) is 3.64. The van der Waals surface area contributed by atoms with E-state index in [1.807, 2.05) is 4.72 Å². The average Bonchev–Trinajstić information content (AvgIpc) is 2.78. The molecule has 0 spiro atoms. The van der Waals surface area contributed by atoms with Gasteiger partial charge >= 0.3 is 6.03 Å². The lowest BCUT2D eigenvalue weighted by Crippen LogP contribution is -2.45. The SMILES string of the molecule is [2H]C1([2H])CCCC(NC(=O)NS(=O)(=O)c2ccc(CCNC(=O)c3cc(Cl)ccc3OC)cc2)C1. The number of urea groups is 1. The van der Waals surface area contributed by atoms with E-state index in [-0.39, 0.29) is 17.2 Å². The number of methoxy groups -OCH3 is 1. The van der Waals surface area contributed by atoms with Crippen molar-refractivity contribution in [2.45, 2.75) is 49.4 Å². The van der Waals surface area contributed by atoms with Crippen LogP contribution in [0.25, 0.3) is 0 Å². The maximum atomic E-state index is 12.5. The van der Waals surface area contributed by atoms with Crippen LogP contribution in [0.2, 0.25) is 5.02 Å². The van der Waals surface area contributed by atoms with Crippen molar-refractivity contribution in [3.63, 3.8) is 0 Å². The van der Waals surface area contributed by atoms with Crippen LogP contribution in [0.5, 0.6) is 5.75 Å². The van der Waals surface area contributed by atoms with Crippen LogP contribution < -0.4 is 20.1 Å². The fourth-order valence-corrected chi connectivity index (χ4v) is 4.57. The first-order valence-corrected chi connectivity index (χ1v) is 12.4. The van der Waals surface area contributed by atoms with Gasteiger partial charge in [-0.25, -0.2) is 17.9 Å².